The highest BCUT2D eigenvalue weighted by Gasteiger charge is 2.21. The summed E-state index contributed by atoms with van der Waals surface area (Å²) in [6, 6.07) is 2.34. The molecule has 0 aliphatic carbocycles. The van der Waals surface area contributed by atoms with Crippen LogP contribution in [0.2, 0.25) is 0 Å². The summed E-state index contributed by atoms with van der Waals surface area (Å²) in [5.41, 5.74) is -0.400. The Hall–Kier alpha value is -1.34. The number of imidazole rings is 1. The highest BCUT2D eigenvalue weighted by Crippen LogP contribution is 2.12. The van der Waals surface area contributed by atoms with Crippen molar-refractivity contribution < 1.29 is 0 Å². The first-order chi connectivity index (χ1) is 7.61. The lowest BCUT2D eigenvalue weighted by Crippen LogP contribution is -2.40. The molecule has 1 heterocycles. The summed E-state index contributed by atoms with van der Waals surface area (Å²) in [6.45, 7) is 7.73. The van der Waals surface area contributed by atoms with Gasteiger partial charge in [0.25, 0.3) is 0 Å². The highest BCUT2D eigenvalue weighted by atomic mass is 15.0. The molecule has 1 aromatic heterocycles. The molecule has 0 radical (unpaired) electrons. The molecule has 88 valence electrons. The van der Waals surface area contributed by atoms with Crippen LogP contribution in [0.3, 0.4) is 0 Å². The summed E-state index contributed by atoms with van der Waals surface area (Å²) in [7, 11) is 0. The van der Waals surface area contributed by atoms with Gasteiger partial charge < -0.3 is 4.57 Å². The van der Waals surface area contributed by atoms with Gasteiger partial charge >= 0.3 is 0 Å². The largest absolute Gasteiger partial charge is 0.335 e. The van der Waals surface area contributed by atoms with Crippen LogP contribution in [-0.4, -0.2) is 21.6 Å². The van der Waals surface area contributed by atoms with E-state index in [1.165, 1.54) is 0 Å². The summed E-state index contributed by atoms with van der Waals surface area (Å²) in [5.74, 6) is 1.03. The summed E-state index contributed by atoms with van der Waals surface area (Å²) in [5, 5.41) is 12.3. The first-order valence-electron chi connectivity index (χ1n) is 5.75. The third-order valence-corrected chi connectivity index (χ3v) is 2.81. The Labute approximate surface area is 97.3 Å². The van der Waals surface area contributed by atoms with Crippen LogP contribution in [0, 0.1) is 18.3 Å². The van der Waals surface area contributed by atoms with E-state index in [0.29, 0.717) is 0 Å². The van der Waals surface area contributed by atoms with E-state index in [4.69, 9.17) is 5.26 Å². The van der Waals surface area contributed by atoms with E-state index in [1.54, 1.807) is 0 Å². The quantitative estimate of drug-likeness (QED) is 0.796. The third kappa shape index (κ3) is 3.35. The molecule has 1 N–H and O–H groups in total. The number of aromatic nitrogens is 2. The Morgan fingerprint density at radius 3 is 2.88 bits per heavy atom. The van der Waals surface area contributed by atoms with Crippen LogP contribution in [0.15, 0.2) is 12.4 Å². The van der Waals surface area contributed by atoms with E-state index in [1.807, 2.05) is 33.2 Å². The number of aryl methyl sites for hydroxylation is 2. The Morgan fingerprint density at radius 2 is 2.38 bits per heavy atom. The molecule has 0 aliphatic rings. The molecule has 0 spiro atoms. The van der Waals surface area contributed by atoms with Crippen molar-refractivity contribution in [2.45, 2.75) is 45.7 Å². The molecular formula is C12H20N4. The fourth-order valence-corrected chi connectivity index (χ4v) is 1.82. The van der Waals surface area contributed by atoms with Crippen LogP contribution >= 0.6 is 0 Å². The van der Waals surface area contributed by atoms with Crippen molar-refractivity contribution >= 4 is 0 Å². The Kier molecular flexibility index (Phi) is 4.51. The molecule has 4 nitrogen and oxygen atoms in total. The second kappa shape index (κ2) is 5.66. The van der Waals surface area contributed by atoms with Crippen LogP contribution < -0.4 is 5.32 Å². The van der Waals surface area contributed by atoms with E-state index in [2.05, 4.69) is 20.9 Å². The number of nitrogens with one attached hydrogen (secondary N) is 1. The van der Waals surface area contributed by atoms with Gasteiger partial charge in [-0.15, -0.1) is 0 Å². The van der Waals surface area contributed by atoms with Crippen molar-refractivity contribution in [1.29, 1.82) is 5.26 Å². The van der Waals surface area contributed by atoms with Gasteiger partial charge in [0.1, 0.15) is 11.4 Å². The molecule has 0 aliphatic heterocycles. The number of rotatable bonds is 6. The van der Waals surface area contributed by atoms with Crippen LogP contribution in [-0.2, 0) is 6.54 Å². The smallest absolute Gasteiger partial charge is 0.105 e. The molecule has 1 unspecified atom stereocenters. The van der Waals surface area contributed by atoms with Crippen molar-refractivity contribution in [2.75, 3.05) is 6.54 Å². The third-order valence-electron chi connectivity index (χ3n) is 2.81. The minimum Gasteiger partial charge on any atom is -0.335 e. The van der Waals surface area contributed by atoms with Crippen LogP contribution in [0.1, 0.15) is 32.5 Å². The second-order valence-corrected chi connectivity index (χ2v) is 4.25. The lowest BCUT2D eigenvalue weighted by Gasteiger charge is -2.22. The van der Waals surface area contributed by atoms with Gasteiger partial charge in [-0.3, -0.25) is 5.32 Å². The maximum Gasteiger partial charge on any atom is 0.105 e. The molecule has 0 aromatic carbocycles. The topological polar surface area (TPSA) is 53.6 Å². The molecule has 1 aromatic rings. The number of nitrogens with zero attached hydrogens (tertiary/aromatic N) is 3. The zero-order chi connectivity index (χ0) is 12.0. The minimum absolute atomic E-state index is 0.400. The average molecular weight is 220 g/mol. The van der Waals surface area contributed by atoms with E-state index in [0.717, 1.165) is 31.8 Å². The molecule has 16 heavy (non-hydrogen) atoms. The van der Waals surface area contributed by atoms with E-state index < -0.39 is 5.54 Å². The molecule has 0 amide bonds. The van der Waals surface area contributed by atoms with Gasteiger partial charge in [-0.1, -0.05) is 6.92 Å². The fourth-order valence-electron chi connectivity index (χ4n) is 1.82. The summed E-state index contributed by atoms with van der Waals surface area (Å²) in [6.07, 6.45) is 5.62. The predicted octanol–water partition coefficient (Wildman–Crippen LogP) is 1.86. The van der Waals surface area contributed by atoms with Gasteiger partial charge in [-0.25, -0.2) is 4.98 Å². The lowest BCUT2D eigenvalue weighted by atomic mass is 9.97. The van der Waals surface area contributed by atoms with Crippen molar-refractivity contribution in [3.63, 3.8) is 0 Å². The molecule has 4 heteroatoms. The van der Waals surface area contributed by atoms with Gasteiger partial charge in [0.05, 0.1) is 6.07 Å². The Bertz CT molecular complexity index is 363. The van der Waals surface area contributed by atoms with Crippen LogP contribution in [0.4, 0.5) is 0 Å². The molecule has 1 atom stereocenters. The number of hydrogen-bond donors (Lipinski definition) is 1. The lowest BCUT2D eigenvalue weighted by molar-refractivity contribution is 0.402. The van der Waals surface area contributed by atoms with Crippen LogP contribution in [0.25, 0.3) is 0 Å². The summed E-state index contributed by atoms with van der Waals surface area (Å²) < 4.78 is 2.11. The van der Waals surface area contributed by atoms with Crippen molar-refractivity contribution in [3.8, 4) is 6.07 Å². The predicted molar refractivity (Wildman–Crippen MR) is 63.9 cm³/mol. The molecule has 0 fully saturated rings. The molecular weight excluding hydrogens is 200 g/mol. The average Bonchev–Trinajstić information content (AvgIpc) is 2.65. The van der Waals surface area contributed by atoms with Gasteiger partial charge in [0.2, 0.25) is 0 Å². The zero-order valence-corrected chi connectivity index (χ0v) is 10.3. The van der Waals surface area contributed by atoms with E-state index >= 15 is 0 Å². The van der Waals surface area contributed by atoms with Crippen molar-refractivity contribution in [1.82, 2.24) is 14.9 Å². The first-order valence-corrected chi connectivity index (χ1v) is 5.75. The Morgan fingerprint density at radius 1 is 1.62 bits per heavy atom. The normalized spacial score (nSPS) is 14.4. The molecule has 0 bridgehead atoms. The summed E-state index contributed by atoms with van der Waals surface area (Å²) in [4.78, 5) is 4.17. The van der Waals surface area contributed by atoms with Crippen LogP contribution in [0.5, 0.6) is 0 Å². The Balaban J connectivity index is 2.40. The molecule has 0 saturated carbocycles. The standard InChI is InChI=1S/C12H20N4/c1-4-15-12(3,10-13)6-5-8-16-9-7-14-11(16)2/h7,9,15H,4-6,8H2,1-3H3. The monoisotopic (exact) mass is 220 g/mol. The van der Waals surface area contributed by atoms with Gasteiger partial charge in [-0.05, 0) is 33.2 Å². The van der Waals surface area contributed by atoms with E-state index in [-0.39, 0.29) is 0 Å². The minimum atomic E-state index is -0.400. The summed E-state index contributed by atoms with van der Waals surface area (Å²) >= 11 is 0. The van der Waals surface area contributed by atoms with Crippen molar-refractivity contribution in [3.05, 3.63) is 18.2 Å². The van der Waals surface area contributed by atoms with E-state index in [9.17, 15) is 0 Å². The van der Waals surface area contributed by atoms with Gasteiger partial charge in [-0.2, -0.15) is 5.26 Å². The van der Waals surface area contributed by atoms with Gasteiger partial charge in [0, 0.05) is 18.9 Å². The maximum atomic E-state index is 9.10. The molecule has 0 saturated heterocycles. The number of hydrogen-bond acceptors (Lipinski definition) is 3. The highest BCUT2D eigenvalue weighted by molar-refractivity contribution is 5.03. The molecule has 1 rings (SSSR count). The first kappa shape index (κ1) is 12.7. The zero-order valence-electron chi connectivity index (χ0n) is 10.3. The second-order valence-electron chi connectivity index (χ2n) is 4.25. The fraction of sp³-hybridized carbons (Fsp3) is 0.667. The number of nitriles is 1. The maximum absolute atomic E-state index is 9.10. The SMILES string of the molecule is CCNC(C)(C#N)CCCn1ccnc1C. The van der Waals surface area contributed by atoms with Crippen molar-refractivity contribution in [2.24, 2.45) is 0 Å². The van der Waals surface area contributed by atoms with Gasteiger partial charge in [0.15, 0.2) is 0 Å².